The third kappa shape index (κ3) is 39.5. The van der Waals surface area contributed by atoms with E-state index in [0.29, 0.717) is 0 Å². The Morgan fingerprint density at radius 2 is 0.455 bits per heavy atom. The molecule has 0 spiro atoms. The molecule has 0 aromatic carbocycles. The first-order valence-electron chi connectivity index (χ1n) is 15.8. The molecule has 0 aliphatic heterocycles. The third-order valence-corrected chi connectivity index (χ3v) is 6.89. The van der Waals surface area contributed by atoms with Gasteiger partial charge in [0.25, 0.3) is 0 Å². The van der Waals surface area contributed by atoms with E-state index in [-0.39, 0.29) is 0 Å². The topological polar surface area (TPSA) is 0 Å². The Kier molecular flexibility index (Phi) is 31.9. The highest BCUT2D eigenvalue weighted by molar-refractivity contribution is 4.49. The fourth-order valence-electron chi connectivity index (χ4n) is 4.52. The summed E-state index contributed by atoms with van der Waals surface area (Å²) in [5, 5.41) is 0. The van der Waals surface area contributed by atoms with Gasteiger partial charge >= 0.3 is 0 Å². The molecule has 33 heavy (non-hydrogen) atoms. The predicted octanol–water partition coefficient (Wildman–Crippen LogP) is 11.5. The maximum Gasteiger partial charge on any atom is 0.0780 e. The zero-order valence-corrected chi connectivity index (χ0v) is 24.8. The summed E-state index contributed by atoms with van der Waals surface area (Å²) in [6.45, 7) is 8.19. The van der Waals surface area contributed by atoms with Gasteiger partial charge in [0.1, 0.15) is 0 Å². The van der Waals surface area contributed by atoms with Gasteiger partial charge in [0, 0.05) is 0 Å². The number of nitrogens with zero attached hydrogens (tertiary/aromatic N) is 1. The van der Waals surface area contributed by atoms with Crippen LogP contribution in [0.15, 0.2) is 0 Å². The molecule has 0 radical (unpaired) electrons. The number of rotatable bonds is 25. The SMILES string of the molecule is CCCCCCCCCCCCC.CCCCCCCCCCCCCCCC[N+](C)(C)C. The maximum atomic E-state index is 2.29. The van der Waals surface area contributed by atoms with Gasteiger partial charge < -0.3 is 4.48 Å². The van der Waals surface area contributed by atoms with E-state index < -0.39 is 0 Å². The molecule has 0 atom stereocenters. The average molecular weight is 469 g/mol. The van der Waals surface area contributed by atoms with Crippen LogP contribution in [0.3, 0.4) is 0 Å². The molecule has 0 aromatic rings. The Morgan fingerprint density at radius 1 is 0.273 bits per heavy atom. The summed E-state index contributed by atoms with van der Waals surface area (Å²) in [7, 11) is 6.88. The van der Waals surface area contributed by atoms with Crippen molar-refractivity contribution in [2.75, 3.05) is 27.7 Å². The molecule has 0 aromatic heterocycles. The van der Waals surface area contributed by atoms with Gasteiger partial charge in [-0.3, -0.25) is 0 Å². The van der Waals surface area contributed by atoms with Gasteiger partial charge in [-0.25, -0.2) is 0 Å². The molecule has 0 rings (SSSR count). The second-order valence-electron chi connectivity index (χ2n) is 11.8. The highest BCUT2D eigenvalue weighted by Gasteiger charge is 2.04. The van der Waals surface area contributed by atoms with E-state index in [1.165, 1.54) is 167 Å². The zero-order chi connectivity index (χ0) is 24.9. The molecule has 1 nitrogen and oxygen atoms in total. The third-order valence-electron chi connectivity index (χ3n) is 6.89. The van der Waals surface area contributed by atoms with E-state index >= 15 is 0 Å². The number of hydrogen-bond donors (Lipinski definition) is 0. The predicted molar refractivity (Wildman–Crippen MR) is 155 cm³/mol. The Bertz CT molecular complexity index is 307. The van der Waals surface area contributed by atoms with Gasteiger partial charge in [-0.2, -0.15) is 0 Å². The highest BCUT2D eigenvalue weighted by Crippen LogP contribution is 2.13. The zero-order valence-electron chi connectivity index (χ0n) is 24.8. The Balaban J connectivity index is 0. The van der Waals surface area contributed by atoms with Crippen molar-refractivity contribution in [3.63, 3.8) is 0 Å². The van der Waals surface area contributed by atoms with Crippen LogP contribution in [0.1, 0.15) is 181 Å². The number of unbranched alkanes of at least 4 members (excludes halogenated alkanes) is 23. The molecule has 0 fully saturated rings. The molecule has 0 unspecified atom stereocenters. The smallest absolute Gasteiger partial charge is 0.0780 e. The van der Waals surface area contributed by atoms with Crippen LogP contribution in [0.5, 0.6) is 0 Å². The quantitative estimate of drug-likeness (QED) is 0.0922. The van der Waals surface area contributed by atoms with Crippen molar-refractivity contribution < 1.29 is 4.48 Å². The highest BCUT2D eigenvalue weighted by atomic mass is 15.3. The minimum atomic E-state index is 1.12. The first-order valence-corrected chi connectivity index (χ1v) is 15.8. The van der Waals surface area contributed by atoms with E-state index in [9.17, 15) is 0 Å². The lowest BCUT2D eigenvalue weighted by atomic mass is 10.0. The average Bonchev–Trinajstić information content (AvgIpc) is 2.78. The maximum absolute atomic E-state index is 2.29. The molecule has 0 bridgehead atoms. The van der Waals surface area contributed by atoms with Gasteiger partial charge in [0.05, 0.1) is 27.7 Å². The monoisotopic (exact) mass is 469 g/mol. The van der Waals surface area contributed by atoms with Crippen LogP contribution in [-0.4, -0.2) is 32.2 Å². The summed E-state index contributed by atoms with van der Waals surface area (Å²) in [5.74, 6) is 0. The van der Waals surface area contributed by atoms with E-state index in [1.807, 2.05) is 0 Å². The van der Waals surface area contributed by atoms with Crippen molar-refractivity contribution in [2.24, 2.45) is 0 Å². The van der Waals surface area contributed by atoms with Crippen LogP contribution < -0.4 is 0 Å². The van der Waals surface area contributed by atoms with Gasteiger partial charge in [-0.15, -0.1) is 0 Å². The van der Waals surface area contributed by atoms with Crippen molar-refractivity contribution in [3.05, 3.63) is 0 Å². The van der Waals surface area contributed by atoms with Crippen molar-refractivity contribution in [3.8, 4) is 0 Å². The van der Waals surface area contributed by atoms with Crippen molar-refractivity contribution in [1.29, 1.82) is 0 Å². The number of quaternary nitrogens is 1. The molecule has 0 heterocycles. The van der Waals surface area contributed by atoms with Crippen LogP contribution in [0.25, 0.3) is 0 Å². The standard InChI is InChI=1S/C19H42N.C13H28/c1-5-6-7-8-9-10-11-12-13-14-15-16-17-18-19-20(2,3)4;1-3-5-7-9-11-13-12-10-8-6-4-2/h5-19H2,1-4H3;3-13H2,1-2H3/q+1;. The first-order chi connectivity index (χ1) is 16.0. The van der Waals surface area contributed by atoms with E-state index in [0.717, 1.165) is 4.48 Å². The normalized spacial score (nSPS) is 11.5. The fraction of sp³-hybridized carbons (Fsp3) is 1.00. The molecule has 0 aliphatic rings. The Morgan fingerprint density at radius 3 is 0.636 bits per heavy atom. The molecular weight excluding hydrogens is 398 g/mol. The van der Waals surface area contributed by atoms with Crippen LogP contribution in [-0.2, 0) is 0 Å². The summed E-state index contributed by atoms with van der Waals surface area (Å²) in [4.78, 5) is 0. The lowest BCUT2D eigenvalue weighted by Gasteiger charge is -2.23. The second-order valence-corrected chi connectivity index (χ2v) is 11.8. The van der Waals surface area contributed by atoms with Crippen LogP contribution in [0, 0.1) is 0 Å². The van der Waals surface area contributed by atoms with Gasteiger partial charge in [0.15, 0.2) is 0 Å². The van der Waals surface area contributed by atoms with E-state index in [4.69, 9.17) is 0 Å². The molecule has 202 valence electrons. The minimum absolute atomic E-state index is 1.12. The molecule has 0 saturated heterocycles. The van der Waals surface area contributed by atoms with Crippen molar-refractivity contribution in [1.82, 2.24) is 0 Å². The Hall–Kier alpha value is -0.0400. The molecule has 0 aliphatic carbocycles. The van der Waals surface area contributed by atoms with Gasteiger partial charge in [0.2, 0.25) is 0 Å². The largest absolute Gasteiger partial charge is 0.331 e. The number of hydrogen-bond acceptors (Lipinski definition) is 0. The van der Waals surface area contributed by atoms with Crippen LogP contribution >= 0.6 is 0 Å². The minimum Gasteiger partial charge on any atom is -0.331 e. The first kappa shape index (κ1) is 35.1. The van der Waals surface area contributed by atoms with E-state index in [1.54, 1.807) is 0 Å². The lowest BCUT2D eigenvalue weighted by molar-refractivity contribution is -0.870. The second kappa shape index (κ2) is 30.0. The summed E-state index contributed by atoms with van der Waals surface area (Å²) >= 11 is 0. The molecule has 1 heteroatoms. The van der Waals surface area contributed by atoms with Crippen molar-refractivity contribution in [2.45, 2.75) is 181 Å². The molecular formula is C32H70N+. The fourth-order valence-corrected chi connectivity index (χ4v) is 4.52. The van der Waals surface area contributed by atoms with Crippen LogP contribution in [0.4, 0.5) is 0 Å². The Labute approximate surface area is 213 Å². The summed E-state index contributed by atoms with van der Waals surface area (Å²) in [6.07, 6.45) is 36.3. The van der Waals surface area contributed by atoms with Crippen molar-refractivity contribution >= 4 is 0 Å². The lowest BCUT2D eigenvalue weighted by Crippen LogP contribution is -2.35. The molecule has 0 N–H and O–H groups in total. The summed E-state index contributed by atoms with van der Waals surface area (Å²) in [5.41, 5.74) is 0. The molecule has 0 saturated carbocycles. The van der Waals surface area contributed by atoms with Gasteiger partial charge in [-0.1, -0.05) is 168 Å². The summed E-state index contributed by atoms with van der Waals surface area (Å²) in [6, 6.07) is 0. The van der Waals surface area contributed by atoms with E-state index in [2.05, 4.69) is 41.9 Å². The van der Waals surface area contributed by atoms with Gasteiger partial charge in [-0.05, 0) is 12.8 Å². The summed E-state index contributed by atoms with van der Waals surface area (Å²) < 4.78 is 1.12. The van der Waals surface area contributed by atoms with Crippen LogP contribution in [0.2, 0.25) is 0 Å². The molecule has 0 amide bonds.